The Morgan fingerprint density at radius 1 is 1.31 bits per heavy atom. The van der Waals surface area contributed by atoms with Gasteiger partial charge in [-0.3, -0.25) is 4.98 Å². The molecule has 0 aromatic carbocycles. The number of hydrogen-bond donors (Lipinski definition) is 0. The summed E-state index contributed by atoms with van der Waals surface area (Å²) < 4.78 is 0. The van der Waals surface area contributed by atoms with Gasteiger partial charge in [0, 0.05) is 17.3 Å². The van der Waals surface area contributed by atoms with Crippen LogP contribution >= 0.6 is 0 Å². The number of rotatable bonds is 2. The van der Waals surface area contributed by atoms with Crippen molar-refractivity contribution in [2.45, 2.75) is 45.4 Å². The molecule has 1 heteroatoms. The van der Waals surface area contributed by atoms with Gasteiger partial charge >= 0.3 is 0 Å². The molecule has 0 spiro atoms. The molecule has 1 aliphatic carbocycles. The van der Waals surface area contributed by atoms with Crippen LogP contribution in [-0.4, -0.2) is 4.98 Å². The Hall–Kier alpha value is -0.850. The molecular formula is C12H17N. The summed E-state index contributed by atoms with van der Waals surface area (Å²) in [5.74, 6) is 1.39. The van der Waals surface area contributed by atoms with E-state index < -0.39 is 0 Å². The highest BCUT2D eigenvalue weighted by Crippen LogP contribution is 2.42. The van der Waals surface area contributed by atoms with Crippen molar-refractivity contribution in [3.05, 3.63) is 29.1 Å². The van der Waals surface area contributed by atoms with Crippen molar-refractivity contribution in [3.63, 3.8) is 0 Å². The lowest BCUT2D eigenvalue weighted by atomic mass is 9.99. The highest BCUT2D eigenvalue weighted by molar-refractivity contribution is 5.30. The maximum atomic E-state index is 4.66. The predicted octanol–water partition coefficient (Wildman–Crippen LogP) is 3.39. The number of hydrogen-bond acceptors (Lipinski definition) is 1. The van der Waals surface area contributed by atoms with Crippen molar-refractivity contribution in [2.24, 2.45) is 0 Å². The lowest BCUT2D eigenvalue weighted by Gasteiger charge is -2.11. The van der Waals surface area contributed by atoms with Crippen LogP contribution in [0.4, 0.5) is 0 Å². The zero-order chi connectivity index (χ0) is 9.42. The van der Waals surface area contributed by atoms with Crippen molar-refractivity contribution < 1.29 is 0 Å². The van der Waals surface area contributed by atoms with Crippen LogP contribution < -0.4 is 0 Å². The standard InChI is InChI=1S/C12H17N/c1-8(2)11-7-4-9(3)13-12(11)10-5-6-10/h4,7-8,10H,5-6H2,1-3H3. The fourth-order valence-corrected chi connectivity index (χ4v) is 1.76. The summed E-state index contributed by atoms with van der Waals surface area (Å²) >= 11 is 0. The second kappa shape index (κ2) is 3.13. The summed E-state index contributed by atoms with van der Waals surface area (Å²) in [6.07, 6.45) is 2.69. The molecule has 0 bridgehead atoms. The topological polar surface area (TPSA) is 12.9 Å². The van der Waals surface area contributed by atoms with E-state index in [0.717, 1.165) is 11.6 Å². The van der Waals surface area contributed by atoms with Crippen LogP contribution in [0, 0.1) is 6.92 Å². The van der Waals surface area contributed by atoms with Crippen molar-refractivity contribution >= 4 is 0 Å². The summed E-state index contributed by atoms with van der Waals surface area (Å²) in [7, 11) is 0. The molecule has 1 aromatic rings. The van der Waals surface area contributed by atoms with Crippen LogP contribution in [0.25, 0.3) is 0 Å². The van der Waals surface area contributed by atoms with Gasteiger partial charge in [0.2, 0.25) is 0 Å². The quantitative estimate of drug-likeness (QED) is 0.671. The van der Waals surface area contributed by atoms with Crippen molar-refractivity contribution in [1.29, 1.82) is 0 Å². The molecule has 0 saturated heterocycles. The minimum Gasteiger partial charge on any atom is -0.258 e. The summed E-state index contributed by atoms with van der Waals surface area (Å²) in [5.41, 5.74) is 3.98. The van der Waals surface area contributed by atoms with Gasteiger partial charge in [0.1, 0.15) is 0 Å². The van der Waals surface area contributed by atoms with Gasteiger partial charge in [-0.1, -0.05) is 19.9 Å². The molecule has 0 N–H and O–H groups in total. The SMILES string of the molecule is Cc1ccc(C(C)C)c(C2CC2)n1. The zero-order valence-electron chi connectivity index (χ0n) is 8.67. The Bertz CT molecular complexity index is 311. The third-order valence-corrected chi connectivity index (χ3v) is 2.68. The Kier molecular flexibility index (Phi) is 2.10. The molecule has 0 amide bonds. The Morgan fingerprint density at radius 3 is 2.54 bits per heavy atom. The molecule has 1 saturated carbocycles. The number of aryl methyl sites for hydroxylation is 1. The Labute approximate surface area is 80.2 Å². The number of nitrogens with zero attached hydrogens (tertiary/aromatic N) is 1. The summed E-state index contributed by atoms with van der Waals surface area (Å²) in [6.45, 7) is 6.58. The van der Waals surface area contributed by atoms with E-state index in [1.54, 1.807) is 0 Å². The van der Waals surface area contributed by atoms with Gasteiger partial charge < -0.3 is 0 Å². The van der Waals surface area contributed by atoms with Gasteiger partial charge in [0.25, 0.3) is 0 Å². The number of pyridine rings is 1. The normalized spacial score (nSPS) is 16.6. The summed E-state index contributed by atoms with van der Waals surface area (Å²) in [5, 5.41) is 0. The number of aromatic nitrogens is 1. The highest BCUT2D eigenvalue weighted by atomic mass is 14.7. The van der Waals surface area contributed by atoms with Gasteiger partial charge in [0.15, 0.2) is 0 Å². The van der Waals surface area contributed by atoms with Gasteiger partial charge in [0.05, 0.1) is 0 Å². The lowest BCUT2D eigenvalue weighted by Crippen LogP contribution is -1.99. The minimum absolute atomic E-state index is 0.615. The second-order valence-corrected chi connectivity index (χ2v) is 4.36. The molecule has 0 radical (unpaired) electrons. The molecular weight excluding hydrogens is 158 g/mol. The van der Waals surface area contributed by atoms with E-state index in [-0.39, 0.29) is 0 Å². The predicted molar refractivity (Wildman–Crippen MR) is 55.0 cm³/mol. The van der Waals surface area contributed by atoms with E-state index in [4.69, 9.17) is 0 Å². The monoisotopic (exact) mass is 175 g/mol. The average Bonchev–Trinajstić information content (AvgIpc) is 2.85. The maximum absolute atomic E-state index is 4.66. The molecule has 1 aliphatic rings. The van der Waals surface area contributed by atoms with Crippen molar-refractivity contribution in [1.82, 2.24) is 4.98 Å². The van der Waals surface area contributed by atoms with Crippen LogP contribution in [-0.2, 0) is 0 Å². The fraction of sp³-hybridized carbons (Fsp3) is 0.583. The molecule has 2 rings (SSSR count). The van der Waals surface area contributed by atoms with Crippen LogP contribution in [0.2, 0.25) is 0 Å². The van der Waals surface area contributed by atoms with Gasteiger partial charge in [-0.05, 0) is 37.3 Å². The maximum Gasteiger partial charge on any atom is 0.0472 e. The third kappa shape index (κ3) is 1.74. The first kappa shape index (κ1) is 8.74. The van der Waals surface area contributed by atoms with E-state index in [0.29, 0.717) is 5.92 Å². The fourth-order valence-electron chi connectivity index (χ4n) is 1.76. The van der Waals surface area contributed by atoms with E-state index in [2.05, 4.69) is 37.9 Å². The average molecular weight is 175 g/mol. The molecule has 70 valence electrons. The van der Waals surface area contributed by atoms with E-state index >= 15 is 0 Å². The molecule has 1 fully saturated rings. The summed E-state index contributed by atoms with van der Waals surface area (Å²) in [6, 6.07) is 4.38. The van der Waals surface area contributed by atoms with E-state index in [1.165, 1.54) is 24.1 Å². The van der Waals surface area contributed by atoms with Crippen molar-refractivity contribution in [3.8, 4) is 0 Å². The van der Waals surface area contributed by atoms with Gasteiger partial charge in [-0.2, -0.15) is 0 Å². The summed E-state index contributed by atoms with van der Waals surface area (Å²) in [4.78, 5) is 4.66. The first-order chi connectivity index (χ1) is 6.18. The smallest absolute Gasteiger partial charge is 0.0472 e. The van der Waals surface area contributed by atoms with Crippen LogP contribution in [0.1, 0.15) is 55.5 Å². The highest BCUT2D eigenvalue weighted by Gasteiger charge is 2.28. The van der Waals surface area contributed by atoms with Gasteiger partial charge in [-0.15, -0.1) is 0 Å². The van der Waals surface area contributed by atoms with Crippen molar-refractivity contribution in [2.75, 3.05) is 0 Å². The second-order valence-electron chi connectivity index (χ2n) is 4.36. The van der Waals surface area contributed by atoms with Crippen LogP contribution in [0.5, 0.6) is 0 Å². The first-order valence-electron chi connectivity index (χ1n) is 5.16. The molecule has 0 aliphatic heterocycles. The molecule has 1 aromatic heterocycles. The van der Waals surface area contributed by atoms with E-state index in [1.807, 2.05) is 0 Å². The lowest BCUT2D eigenvalue weighted by molar-refractivity contribution is 0.815. The first-order valence-corrected chi connectivity index (χ1v) is 5.16. The van der Waals surface area contributed by atoms with Crippen LogP contribution in [0.3, 0.4) is 0 Å². The van der Waals surface area contributed by atoms with E-state index in [9.17, 15) is 0 Å². The zero-order valence-corrected chi connectivity index (χ0v) is 8.67. The molecule has 1 heterocycles. The van der Waals surface area contributed by atoms with Gasteiger partial charge in [-0.25, -0.2) is 0 Å². The minimum atomic E-state index is 0.615. The Balaban J connectivity index is 2.42. The molecule has 0 atom stereocenters. The molecule has 1 nitrogen and oxygen atoms in total. The molecule has 0 unspecified atom stereocenters. The molecule has 13 heavy (non-hydrogen) atoms. The third-order valence-electron chi connectivity index (χ3n) is 2.68. The van der Waals surface area contributed by atoms with Crippen LogP contribution in [0.15, 0.2) is 12.1 Å². The Morgan fingerprint density at radius 2 is 2.00 bits per heavy atom. The largest absolute Gasteiger partial charge is 0.258 e.